The Kier molecular flexibility index (Phi) is 3.85. The number of aromatic nitrogens is 1. The van der Waals surface area contributed by atoms with Crippen molar-refractivity contribution in [2.75, 3.05) is 33.0 Å². The molecule has 0 amide bonds. The van der Waals surface area contributed by atoms with Crippen LogP contribution in [0.15, 0.2) is 12.1 Å². The fourth-order valence-electron chi connectivity index (χ4n) is 2.34. The third kappa shape index (κ3) is 2.80. The van der Waals surface area contributed by atoms with E-state index in [-0.39, 0.29) is 0 Å². The van der Waals surface area contributed by atoms with Crippen molar-refractivity contribution in [3.63, 3.8) is 0 Å². The van der Waals surface area contributed by atoms with Gasteiger partial charge in [0.25, 0.3) is 0 Å². The van der Waals surface area contributed by atoms with E-state index >= 15 is 0 Å². The Morgan fingerprint density at radius 3 is 2.67 bits per heavy atom. The summed E-state index contributed by atoms with van der Waals surface area (Å²) in [6.45, 7) is 1.84. The van der Waals surface area contributed by atoms with Crippen molar-refractivity contribution >= 4 is 5.82 Å². The van der Waals surface area contributed by atoms with Gasteiger partial charge in [-0.2, -0.15) is 0 Å². The van der Waals surface area contributed by atoms with E-state index in [2.05, 4.69) is 4.98 Å². The van der Waals surface area contributed by atoms with E-state index in [1.54, 1.807) is 6.07 Å². The molecule has 5 heteroatoms. The predicted molar refractivity (Wildman–Crippen MR) is 70.0 cm³/mol. The van der Waals surface area contributed by atoms with Gasteiger partial charge in [0.15, 0.2) is 0 Å². The summed E-state index contributed by atoms with van der Waals surface area (Å²) in [6.07, 6.45) is 1.22. The van der Waals surface area contributed by atoms with Crippen molar-refractivity contribution in [1.82, 2.24) is 9.88 Å². The van der Waals surface area contributed by atoms with E-state index < -0.39 is 5.60 Å². The molecule has 2 rings (SSSR count). The topological polar surface area (TPSA) is 71.6 Å². The lowest BCUT2D eigenvalue weighted by Crippen LogP contribution is -2.35. The molecule has 0 radical (unpaired) electrons. The molecule has 0 aliphatic carbocycles. The molecule has 1 aromatic rings. The first kappa shape index (κ1) is 13.3. The average Bonchev–Trinajstić information content (AvgIpc) is 2.28. The number of nitrogen functional groups attached to an aromatic ring is 1. The summed E-state index contributed by atoms with van der Waals surface area (Å²) < 4.78 is 5.32. The zero-order valence-electron chi connectivity index (χ0n) is 11.0. The molecule has 0 unspecified atom stereocenters. The largest absolute Gasteiger partial charge is 0.385 e. The number of ether oxygens (including phenoxy) is 1. The van der Waals surface area contributed by atoms with Gasteiger partial charge in [-0.3, -0.25) is 0 Å². The van der Waals surface area contributed by atoms with Crippen molar-refractivity contribution in [2.45, 2.75) is 25.0 Å². The quantitative estimate of drug-likeness (QED) is 0.828. The van der Waals surface area contributed by atoms with E-state index in [0.29, 0.717) is 38.4 Å². The number of nitrogens with two attached hydrogens (primary N) is 1. The lowest BCUT2D eigenvalue weighted by Gasteiger charge is -2.34. The minimum absolute atomic E-state index is 0.492. The Morgan fingerprint density at radius 2 is 2.06 bits per heavy atom. The number of rotatable bonds is 3. The van der Waals surface area contributed by atoms with Gasteiger partial charge in [0.2, 0.25) is 0 Å². The highest BCUT2D eigenvalue weighted by molar-refractivity contribution is 5.37. The molecule has 0 aromatic carbocycles. The molecule has 0 saturated carbocycles. The van der Waals surface area contributed by atoms with E-state index in [4.69, 9.17) is 10.5 Å². The normalized spacial score (nSPS) is 19.1. The minimum atomic E-state index is -0.829. The summed E-state index contributed by atoms with van der Waals surface area (Å²) in [7, 11) is 3.95. The highest BCUT2D eigenvalue weighted by Gasteiger charge is 2.34. The maximum absolute atomic E-state index is 10.7. The Hall–Kier alpha value is -1.17. The Morgan fingerprint density at radius 1 is 1.39 bits per heavy atom. The first-order valence-electron chi connectivity index (χ1n) is 6.22. The lowest BCUT2D eigenvalue weighted by molar-refractivity contribution is -0.0688. The summed E-state index contributed by atoms with van der Waals surface area (Å²) in [4.78, 5) is 6.39. The van der Waals surface area contributed by atoms with Crippen molar-refractivity contribution in [1.29, 1.82) is 0 Å². The molecule has 1 aromatic heterocycles. The van der Waals surface area contributed by atoms with Crippen LogP contribution in [0.1, 0.15) is 24.1 Å². The molecule has 1 aliphatic rings. The first-order valence-corrected chi connectivity index (χ1v) is 6.22. The van der Waals surface area contributed by atoms with Gasteiger partial charge in [-0.25, -0.2) is 4.98 Å². The Balaban J connectivity index is 2.35. The highest BCUT2D eigenvalue weighted by Crippen LogP contribution is 2.34. The van der Waals surface area contributed by atoms with Crippen molar-refractivity contribution in [2.24, 2.45) is 0 Å². The van der Waals surface area contributed by atoms with Crippen LogP contribution < -0.4 is 5.73 Å². The van der Waals surface area contributed by atoms with Gasteiger partial charge >= 0.3 is 0 Å². The number of nitrogens with zero attached hydrogens (tertiary/aromatic N) is 2. The third-order valence-corrected chi connectivity index (χ3v) is 3.28. The van der Waals surface area contributed by atoms with Crippen LogP contribution in [-0.2, 0) is 16.9 Å². The van der Waals surface area contributed by atoms with Crippen LogP contribution in [0, 0.1) is 0 Å². The van der Waals surface area contributed by atoms with Gasteiger partial charge < -0.3 is 20.5 Å². The van der Waals surface area contributed by atoms with Crippen LogP contribution in [0.5, 0.6) is 0 Å². The van der Waals surface area contributed by atoms with Crippen LogP contribution in [0.4, 0.5) is 5.82 Å². The SMILES string of the molecule is CN(C)Cc1nc(N)ccc1C1(O)CCOCC1. The lowest BCUT2D eigenvalue weighted by atomic mass is 9.85. The van der Waals surface area contributed by atoms with Gasteiger partial charge in [-0.1, -0.05) is 6.07 Å². The molecule has 2 heterocycles. The molecule has 0 atom stereocenters. The molecule has 18 heavy (non-hydrogen) atoms. The van der Waals surface area contributed by atoms with Gasteiger partial charge in [0.05, 0.1) is 11.3 Å². The van der Waals surface area contributed by atoms with Gasteiger partial charge in [0, 0.05) is 38.2 Å². The van der Waals surface area contributed by atoms with Gasteiger partial charge in [-0.05, 0) is 20.2 Å². The summed E-state index contributed by atoms with van der Waals surface area (Å²) in [5.74, 6) is 0.492. The molecule has 1 saturated heterocycles. The summed E-state index contributed by atoms with van der Waals surface area (Å²) in [5.41, 5.74) is 6.65. The standard InChI is InChI=1S/C13H21N3O2/c1-16(2)9-11-10(3-4-12(14)15-11)13(17)5-7-18-8-6-13/h3-4,17H,5-9H2,1-2H3,(H2,14,15). The predicted octanol–water partition coefficient (Wildman–Crippen LogP) is 0.723. The zero-order valence-corrected chi connectivity index (χ0v) is 11.0. The second-order valence-corrected chi connectivity index (χ2v) is 5.11. The van der Waals surface area contributed by atoms with Crippen LogP contribution in [0.3, 0.4) is 0 Å². The first-order chi connectivity index (χ1) is 8.51. The smallest absolute Gasteiger partial charge is 0.123 e. The molecular weight excluding hydrogens is 230 g/mol. The van der Waals surface area contributed by atoms with Crippen molar-refractivity contribution in [3.8, 4) is 0 Å². The molecule has 0 bridgehead atoms. The van der Waals surface area contributed by atoms with Crippen LogP contribution >= 0.6 is 0 Å². The molecular formula is C13H21N3O2. The number of aliphatic hydroxyl groups is 1. The molecule has 1 fully saturated rings. The molecule has 1 aliphatic heterocycles. The van der Waals surface area contributed by atoms with E-state index in [1.807, 2.05) is 25.1 Å². The van der Waals surface area contributed by atoms with Gasteiger partial charge in [0.1, 0.15) is 5.82 Å². The Bertz CT molecular complexity index is 415. The van der Waals surface area contributed by atoms with Crippen LogP contribution in [0.25, 0.3) is 0 Å². The second kappa shape index (κ2) is 5.22. The van der Waals surface area contributed by atoms with E-state index in [0.717, 1.165) is 11.3 Å². The Labute approximate surface area is 108 Å². The number of anilines is 1. The zero-order chi connectivity index (χ0) is 13.2. The van der Waals surface area contributed by atoms with Gasteiger partial charge in [-0.15, -0.1) is 0 Å². The van der Waals surface area contributed by atoms with Crippen LogP contribution in [0.2, 0.25) is 0 Å². The van der Waals surface area contributed by atoms with E-state index in [1.165, 1.54) is 0 Å². The van der Waals surface area contributed by atoms with Crippen molar-refractivity contribution in [3.05, 3.63) is 23.4 Å². The fraction of sp³-hybridized carbons (Fsp3) is 0.615. The fourth-order valence-corrected chi connectivity index (χ4v) is 2.34. The third-order valence-electron chi connectivity index (χ3n) is 3.28. The summed E-state index contributed by atoms with van der Waals surface area (Å²) in [5, 5.41) is 10.7. The number of pyridine rings is 1. The highest BCUT2D eigenvalue weighted by atomic mass is 16.5. The summed E-state index contributed by atoms with van der Waals surface area (Å²) in [6, 6.07) is 3.65. The number of hydrogen-bond acceptors (Lipinski definition) is 5. The average molecular weight is 251 g/mol. The van der Waals surface area contributed by atoms with E-state index in [9.17, 15) is 5.11 Å². The molecule has 3 N–H and O–H groups in total. The molecule has 0 spiro atoms. The monoisotopic (exact) mass is 251 g/mol. The number of hydrogen-bond donors (Lipinski definition) is 2. The van der Waals surface area contributed by atoms with Crippen molar-refractivity contribution < 1.29 is 9.84 Å². The molecule has 100 valence electrons. The second-order valence-electron chi connectivity index (χ2n) is 5.11. The summed E-state index contributed by atoms with van der Waals surface area (Å²) >= 11 is 0. The maximum Gasteiger partial charge on any atom is 0.123 e. The molecule has 5 nitrogen and oxygen atoms in total. The maximum atomic E-state index is 10.7. The van der Waals surface area contributed by atoms with Crippen LogP contribution in [-0.4, -0.2) is 42.3 Å². The minimum Gasteiger partial charge on any atom is -0.385 e.